The molecule has 166 valence electrons. The predicted octanol–water partition coefficient (Wildman–Crippen LogP) is 6.19. The second kappa shape index (κ2) is 8.92. The van der Waals surface area contributed by atoms with Gasteiger partial charge in [-0.05, 0) is 55.0 Å². The van der Waals surface area contributed by atoms with Gasteiger partial charge in [0.25, 0.3) is 5.91 Å². The van der Waals surface area contributed by atoms with E-state index in [-0.39, 0.29) is 24.2 Å². The molecule has 0 unspecified atom stereocenters. The molecule has 0 bridgehead atoms. The number of anilines is 1. The minimum atomic E-state index is -0.391. The van der Waals surface area contributed by atoms with Gasteiger partial charge in [0, 0.05) is 16.3 Å². The molecule has 5 nitrogen and oxygen atoms in total. The number of carbonyl (C=O) groups excluding carboxylic acids is 1. The van der Waals surface area contributed by atoms with Crippen LogP contribution in [0.3, 0.4) is 0 Å². The third kappa shape index (κ3) is 4.34. The van der Waals surface area contributed by atoms with E-state index in [1.807, 2.05) is 37.3 Å². The number of aliphatic imine (C=N–C) groups is 1. The van der Waals surface area contributed by atoms with Crippen molar-refractivity contribution < 1.29 is 18.7 Å². The molecule has 0 N–H and O–H groups in total. The summed E-state index contributed by atoms with van der Waals surface area (Å²) in [4.78, 5) is 19.5. The van der Waals surface area contributed by atoms with Gasteiger partial charge in [0.1, 0.15) is 11.5 Å². The Bertz CT molecular complexity index is 1290. The van der Waals surface area contributed by atoms with Crippen LogP contribution in [0.2, 0.25) is 5.02 Å². The third-order valence-corrected chi connectivity index (χ3v) is 6.55. The van der Waals surface area contributed by atoms with Gasteiger partial charge in [0.15, 0.2) is 16.7 Å². The van der Waals surface area contributed by atoms with Crippen molar-refractivity contribution in [2.24, 2.45) is 4.99 Å². The number of rotatable bonds is 4. The first-order valence-electron chi connectivity index (χ1n) is 10.2. The van der Waals surface area contributed by atoms with Crippen LogP contribution < -0.4 is 14.4 Å². The van der Waals surface area contributed by atoms with E-state index in [4.69, 9.17) is 21.1 Å². The van der Waals surface area contributed by atoms with Crippen LogP contribution in [0.25, 0.3) is 6.08 Å². The topological polar surface area (TPSA) is 51.1 Å². The standard InChI is InChI=1S/C25H18ClFN2O3S/c1-15-5-8-17(9-6-15)29-24(30)21(11-16-7-10-22-23(12-16)32-14-31-22)28-25(29)33-13-18-19(26)3-2-4-20(18)27/h2-12H,13-14H2,1H3. The number of amides is 1. The van der Waals surface area contributed by atoms with Gasteiger partial charge in [-0.3, -0.25) is 9.69 Å². The zero-order chi connectivity index (χ0) is 22.9. The van der Waals surface area contributed by atoms with Gasteiger partial charge in [-0.1, -0.05) is 53.2 Å². The molecule has 0 spiro atoms. The summed E-state index contributed by atoms with van der Waals surface area (Å²) >= 11 is 7.45. The van der Waals surface area contributed by atoms with E-state index in [9.17, 15) is 9.18 Å². The molecule has 33 heavy (non-hydrogen) atoms. The zero-order valence-corrected chi connectivity index (χ0v) is 19.1. The van der Waals surface area contributed by atoms with Crippen molar-refractivity contribution in [3.63, 3.8) is 0 Å². The number of carbonyl (C=O) groups is 1. The molecular weight excluding hydrogens is 463 g/mol. The van der Waals surface area contributed by atoms with Gasteiger partial charge in [0.05, 0.1) is 5.69 Å². The van der Waals surface area contributed by atoms with Crippen LogP contribution in [-0.2, 0) is 10.5 Å². The Morgan fingerprint density at radius 1 is 1.12 bits per heavy atom. The number of aryl methyl sites for hydroxylation is 1. The first-order valence-corrected chi connectivity index (χ1v) is 11.5. The van der Waals surface area contributed by atoms with Crippen LogP contribution >= 0.6 is 23.4 Å². The normalized spacial score (nSPS) is 16.0. The molecule has 1 amide bonds. The largest absolute Gasteiger partial charge is 0.454 e. The van der Waals surface area contributed by atoms with E-state index in [0.29, 0.717) is 32.9 Å². The number of fused-ring (bicyclic) bond motifs is 1. The molecular formula is C25H18ClFN2O3S. The fourth-order valence-corrected chi connectivity index (χ4v) is 4.84. The van der Waals surface area contributed by atoms with E-state index >= 15 is 0 Å². The number of ether oxygens (including phenoxy) is 2. The summed E-state index contributed by atoms with van der Waals surface area (Å²) in [5.74, 6) is 0.865. The molecule has 3 aromatic carbocycles. The van der Waals surface area contributed by atoms with Gasteiger partial charge in [-0.25, -0.2) is 9.38 Å². The Morgan fingerprint density at radius 3 is 2.70 bits per heavy atom. The van der Waals surface area contributed by atoms with Crippen molar-refractivity contribution >= 4 is 46.2 Å². The molecule has 0 fully saturated rings. The zero-order valence-electron chi connectivity index (χ0n) is 17.5. The van der Waals surface area contributed by atoms with Crippen LogP contribution in [0.15, 0.2) is 71.4 Å². The molecule has 2 heterocycles. The van der Waals surface area contributed by atoms with Crippen molar-refractivity contribution in [1.29, 1.82) is 0 Å². The molecule has 2 aliphatic heterocycles. The molecule has 0 saturated heterocycles. The Hall–Kier alpha value is -3.29. The molecule has 0 atom stereocenters. The van der Waals surface area contributed by atoms with Crippen molar-refractivity contribution in [3.05, 3.63) is 93.9 Å². The molecule has 8 heteroatoms. The van der Waals surface area contributed by atoms with Gasteiger partial charge < -0.3 is 9.47 Å². The van der Waals surface area contributed by atoms with Crippen molar-refractivity contribution in [2.45, 2.75) is 12.7 Å². The highest BCUT2D eigenvalue weighted by atomic mass is 35.5. The molecule has 2 aliphatic rings. The molecule has 0 radical (unpaired) electrons. The van der Waals surface area contributed by atoms with E-state index in [1.165, 1.54) is 22.7 Å². The monoisotopic (exact) mass is 480 g/mol. The summed E-state index contributed by atoms with van der Waals surface area (Å²) in [6.07, 6.45) is 1.70. The number of amidine groups is 1. The predicted molar refractivity (Wildman–Crippen MR) is 129 cm³/mol. The number of thioether (sulfide) groups is 1. The SMILES string of the molecule is Cc1ccc(N2C(=O)C(=Cc3ccc4c(c3)OCO4)N=C2SCc2c(F)cccc2Cl)cc1. The molecule has 0 aromatic heterocycles. The summed E-state index contributed by atoms with van der Waals surface area (Å²) in [5, 5.41) is 0.792. The highest BCUT2D eigenvalue weighted by Crippen LogP contribution is 2.35. The number of halogens is 2. The lowest BCUT2D eigenvalue weighted by atomic mass is 10.1. The fourth-order valence-electron chi connectivity index (χ4n) is 3.48. The Kier molecular flexibility index (Phi) is 5.83. The molecule has 0 saturated carbocycles. The average molecular weight is 481 g/mol. The summed E-state index contributed by atoms with van der Waals surface area (Å²) in [7, 11) is 0. The number of benzene rings is 3. The van der Waals surface area contributed by atoms with Crippen LogP contribution in [-0.4, -0.2) is 17.9 Å². The summed E-state index contributed by atoms with van der Waals surface area (Å²) in [6, 6.07) is 17.6. The molecule has 5 rings (SSSR count). The van der Waals surface area contributed by atoms with Crippen molar-refractivity contribution in [3.8, 4) is 11.5 Å². The number of hydrogen-bond acceptors (Lipinski definition) is 5. The Balaban J connectivity index is 1.49. The van der Waals surface area contributed by atoms with Crippen LogP contribution in [0.5, 0.6) is 11.5 Å². The van der Waals surface area contributed by atoms with E-state index < -0.39 is 5.82 Å². The second-order valence-corrected chi connectivity index (χ2v) is 8.85. The summed E-state index contributed by atoms with van der Waals surface area (Å²) in [5.41, 5.74) is 3.17. The van der Waals surface area contributed by atoms with E-state index in [0.717, 1.165) is 11.1 Å². The summed E-state index contributed by atoms with van der Waals surface area (Å²) < 4.78 is 25.1. The highest BCUT2D eigenvalue weighted by Gasteiger charge is 2.32. The Labute approximate surface area is 199 Å². The maximum absolute atomic E-state index is 14.3. The van der Waals surface area contributed by atoms with Crippen LogP contribution in [0.4, 0.5) is 10.1 Å². The fraction of sp³-hybridized carbons (Fsp3) is 0.120. The highest BCUT2D eigenvalue weighted by molar-refractivity contribution is 8.13. The lowest BCUT2D eigenvalue weighted by Crippen LogP contribution is -2.30. The smallest absolute Gasteiger partial charge is 0.283 e. The third-order valence-electron chi connectivity index (χ3n) is 5.23. The number of nitrogens with zero attached hydrogens (tertiary/aromatic N) is 2. The van der Waals surface area contributed by atoms with Crippen LogP contribution in [0, 0.1) is 12.7 Å². The van der Waals surface area contributed by atoms with Crippen molar-refractivity contribution in [2.75, 3.05) is 11.7 Å². The maximum Gasteiger partial charge on any atom is 0.283 e. The van der Waals surface area contributed by atoms with Gasteiger partial charge >= 0.3 is 0 Å². The first-order chi connectivity index (χ1) is 16.0. The molecule has 3 aromatic rings. The van der Waals surface area contributed by atoms with Crippen molar-refractivity contribution in [1.82, 2.24) is 0 Å². The first kappa shape index (κ1) is 21.6. The second-order valence-electron chi connectivity index (χ2n) is 7.50. The minimum absolute atomic E-state index is 0.174. The van der Waals surface area contributed by atoms with Gasteiger partial charge in [0.2, 0.25) is 6.79 Å². The molecule has 0 aliphatic carbocycles. The lowest BCUT2D eigenvalue weighted by Gasteiger charge is -2.18. The van der Waals surface area contributed by atoms with E-state index in [1.54, 1.807) is 30.3 Å². The Morgan fingerprint density at radius 2 is 1.91 bits per heavy atom. The van der Waals surface area contributed by atoms with Gasteiger partial charge in [-0.15, -0.1) is 0 Å². The minimum Gasteiger partial charge on any atom is -0.454 e. The van der Waals surface area contributed by atoms with Gasteiger partial charge in [-0.2, -0.15) is 0 Å². The lowest BCUT2D eigenvalue weighted by molar-refractivity contribution is -0.113. The average Bonchev–Trinajstić information content (AvgIpc) is 3.38. The quantitative estimate of drug-likeness (QED) is 0.417. The number of hydrogen-bond donors (Lipinski definition) is 0. The van der Waals surface area contributed by atoms with E-state index in [2.05, 4.69) is 4.99 Å². The summed E-state index contributed by atoms with van der Waals surface area (Å²) in [6.45, 7) is 2.15. The van der Waals surface area contributed by atoms with Crippen LogP contribution in [0.1, 0.15) is 16.7 Å². The maximum atomic E-state index is 14.3.